The van der Waals surface area contributed by atoms with Gasteiger partial charge in [-0.15, -0.1) is 0 Å². The summed E-state index contributed by atoms with van der Waals surface area (Å²) in [5.74, 6) is -0.572. The Kier molecular flexibility index (Phi) is 3.47. The van der Waals surface area contributed by atoms with E-state index in [0.717, 1.165) is 16.8 Å². The van der Waals surface area contributed by atoms with Crippen molar-refractivity contribution < 1.29 is 9.18 Å². The minimum absolute atomic E-state index is 0.0560. The summed E-state index contributed by atoms with van der Waals surface area (Å²) in [6.07, 6.45) is 0.705. The predicted molar refractivity (Wildman–Crippen MR) is 80.8 cm³/mol. The third-order valence-corrected chi connectivity index (χ3v) is 3.82. The van der Waals surface area contributed by atoms with Crippen LogP contribution in [0.2, 0.25) is 0 Å². The van der Waals surface area contributed by atoms with Gasteiger partial charge >= 0.3 is 0 Å². The molecule has 0 fully saturated rings. The lowest BCUT2D eigenvalue weighted by Gasteiger charge is -2.32. The van der Waals surface area contributed by atoms with E-state index >= 15 is 0 Å². The molecule has 0 radical (unpaired) electrons. The molecule has 1 unspecified atom stereocenters. The van der Waals surface area contributed by atoms with Crippen LogP contribution in [-0.2, 0) is 0 Å². The number of anilines is 1. The Morgan fingerprint density at radius 3 is 2.81 bits per heavy atom. The van der Waals surface area contributed by atoms with E-state index < -0.39 is 0 Å². The minimum atomic E-state index is -0.389. The zero-order chi connectivity index (χ0) is 15.0. The number of nitrogens with two attached hydrogens (primary N) is 1. The van der Waals surface area contributed by atoms with Crippen LogP contribution < -0.4 is 10.6 Å². The molecule has 2 aromatic carbocycles. The van der Waals surface area contributed by atoms with Crippen LogP contribution in [0.4, 0.5) is 10.1 Å². The van der Waals surface area contributed by atoms with Crippen molar-refractivity contribution in [1.29, 1.82) is 0 Å². The summed E-state index contributed by atoms with van der Waals surface area (Å²) in [7, 11) is 0. The molecule has 0 bridgehead atoms. The van der Waals surface area contributed by atoms with E-state index in [1.165, 1.54) is 12.1 Å². The van der Waals surface area contributed by atoms with E-state index in [1.54, 1.807) is 17.9 Å². The van der Waals surface area contributed by atoms with Crippen molar-refractivity contribution in [3.05, 3.63) is 65.0 Å². The van der Waals surface area contributed by atoms with Crippen molar-refractivity contribution in [1.82, 2.24) is 0 Å². The van der Waals surface area contributed by atoms with Crippen LogP contribution >= 0.6 is 0 Å². The van der Waals surface area contributed by atoms with Gasteiger partial charge in [0.15, 0.2) is 0 Å². The minimum Gasteiger partial charge on any atom is -0.324 e. The topological polar surface area (TPSA) is 46.3 Å². The molecular weight excluding hydrogens is 267 g/mol. The van der Waals surface area contributed by atoms with Crippen LogP contribution in [0.3, 0.4) is 0 Å². The highest BCUT2D eigenvalue weighted by molar-refractivity contribution is 6.06. The summed E-state index contributed by atoms with van der Waals surface area (Å²) >= 11 is 0. The van der Waals surface area contributed by atoms with Gasteiger partial charge in [0.2, 0.25) is 0 Å². The van der Waals surface area contributed by atoms with Crippen molar-refractivity contribution in [2.24, 2.45) is 5.73 Å². The fourth-order valence-corrected chi connectivity index (χ4v) is 2.82. The maximum atomic E-state index is 13.5. The standard InChI is InChI=1S/C17H17FN2O/c1-11-8-12(10-13(18)9-11)17(21)20-7-6-15(19)14-4-2-3-5-16(14)20/h2-5,8-10,15H,6-7,19H2,1H3. The molecule has 108 valence electrons. The molecule has 1 amide bonds. The fraction of sp³-hybridized carbons (Fsp3) is 0.235. The summed E-state index contributed by atoms with van der Waals surface area (Å²) < 4.78 is 13.5. The van der Waals surface area contributed by atoms with Gasteiger partial charge < -0.3 is 10.6 Å². The van der Waals surface area contributed by atoms with Gasteiger partial charge in [-0.1, -0.05) is 18.2 Å². The summed E-state index contributed by atoms with van der Waals surface area (Å²) in [5.41, 5.74) is 8.99. The molecule has 21 heavy (non-hydrogen) atoms. The highest BCUT2D eigenvalue weighted by Crippen LogP contribution is 2.33. The number of aryl methyl sites for hydroxylation is 1. The van der Waals surface area contributed by atoms with E-state index in [-0.39, 0.29) is 17.8 Å². The van der Waals surface area contributed by atoms with Crippen LogP contribution in [0.1, 0.15) is 33.9 Å². The molecule has 0 saturated heterocycles. The number of hydrogen-bond acceptors (Lipinski definition) is 2. The first kappa shape index (κ1) is 13.8. The third kappa shape index (κ3) is 2.54. The van der Waals surface area contributed by atoms with Crippen molar-refractivity contribution >= 4 is 11.6 Å². The van der Waals surface area contributed by atoms with E-state index in [1.807, 2.05) is 24.3 Å². The number of fused-ring (bicyclic) bond motifs is 1. The van der Waals surface area contributed by atoms with Crippen LogP contribution in [0, 0.1) is 12.7 Å². The Labute approximate surface area is 123 Å². The largest absolute Gasteiger partial charge is 0.324 e. The number of para-hydroxylation sites is 1. The first-order valence-corrected chi connectivity index (χ1v) is 7.00. The van der Waals surface area contributed by atoms with Gasteiger partial charge in [0, 0.05) is 23.8 Å². The van der Waals surface area contributed by atoms with Crippen LogP contribution in [0.25, 0.3) is 0 Å². The molecular formula is C17H17FN2O. The van der Waals surface area contributed by atoms with Gasteiger partial charge in [-0.3, -0.25) is 4.79 Å². The molecule has 1 heterocycles. The molecule has 1 atom stereocenters. The van der Waals surface area contributed by atoms with Gasteiger partial charge in [-0.05, 0) is 48.7 Å². The van der Waals surface area contributed by atoms with Crippen LogP contribution in [-0.4, -0.2) is 12.5 Å². The monoisotopic (exact) mass is 284 g/mol. The van der Waals surface area contributed by atoms with Crippen LogP contribution in [0.15, 0.2) is 42.5 Å². The molecule has 0 aliphatic carbocycles. The molecule has 1 aliphatic heterocycles. The second-order valence-electron chi connectivity index (χ2n) is 5.43. The van der Waals surface area contributed by atoms with Crippen molar-refractivity contribution in [3.63, 3.8) is 0 Å². The maximum Gasteiger partial charge on any atom is 0.258 e. The second-order valence-corrected chi connectivity index (χ2v) is 5.43. The molecule has 0 spiro atoms. The number of benzene rings is 2. The normalized spacial score (nSPS) is 17.5. The third-order valence-electron chi connectivity index (χ3n) is 3.82. The average molecular weight is 284 g/mol. The summed E-state index contributed by atoms with van der Waals surface area (Å²) in [6.45, 7) is 2.33. The van der Waals surface area contributed by atoms with Gasteiger partial charge in [0.05, 0.1) is 0 Å². The van der Waals surface area contributed by atoms with Gasteiger partial charge in [-0.25, -0.2) is 4.39 Å². The summed E-state index contributed by atoms with van der Waals surface area (Å²) in [6, 6.07) is 12.0. The zero-order valence-corrected chi connectivity index (χ0v) is 11.8. The van der Waals surface area contributed by atoms with E-state index in [9.17, 15) is 9.18 Å². The molecule has 0 saturated carbocycles. The van der Waals surface area contributed by atoms with Crippen molar-refractivity contribution in [2.45, 2.75) is 19.4 Å². The zero-order valence-electron chi connectivity index (χ0n) is 11.8. The quantitative estimate of drug-likeness (QED) is 0.874. The number of rotatable bonds is 1. The lowest BCUT2D eigenvalue weighted by atomic mass is 9.96. The smallest absolute Gasteiger partial charge is 0.258 e. The Hall–Kier alpha value is -2.20. The van der Waals surface area contributed by atoms with E-state index in [4.69, 9.17) is 5.73 Å². The number of halogens is 1. The molecule has 2 aromatic rings. The first-order valence-electron chi connectivity index (χ1n) is 7.00. The predicted octanol–water partition coefficient (Wildman–Crippen LogP) is 3.18. The molecule has 3 nitrogen and oxygen atoms in total. The number of nitrogens with zero attached hydrogens (tertiary/aromatic N) is 1. The van der Waals surface area contributed by atoms with Crippen molar-refractivity contribution in [2.75, 3.05) is 11.4 Å². The molecule has 3 rings (SSSR count). The number of amides is 1. The van der Waals surface area contributed by atoms with Gasteiger partial charge in [0.1, 0.15) is 5.82 Å². The number of carbonyl (C=O) groups excluding carboxylic acids is 1. The second kappa shape index (κ2) is 5.30. The molecule has 0 aromatic heterocycles. The van der Waals surface area contributed by atoms with E-state index in [0.29, 0.717) is 18.5 Å². The molecule has 4 heteroatoms. The first-order chi connectivity index (χ1) is 10.1. The van der Waals surface area contributed by atoms with Gasteiger partial charge in [-0.2, -0.15) is 0 Å². The average Bonchev–Trinajstić information content (AvgIpc) is 2.46. The lowest BCUT2D eigenvalue weighted by molar-refractivity contribution is 0.0983. The Morgan fingerprint density at radius 2 is 2.05 bits per heavy atom. The Balaban J connectivity index is 2.01. The maximum absolute atomic E-state index is 13.5. The summed E-state index contributed by atoms with van der Waals surface area (Å²) in [5, 5.41) is 0. The van der Waals surface area contributed by atoms with Crippen LogP contribution in [0.5, 0.6) is 0 Å². The highest BCUT2D eigenvalue weighted by Gasteiger charge is 2.27. The Morgan fingerprint density at radius 1 is 1.29 bits per heavy atom. The van der Waals surface area contributed by atoms with E-state index in [2.05, 4.69) is 0 Å². The number of carbonyl (C=O) groups is 1. The molecule has 1 aliphatic rings. The lowest BCUT2D eigenvalue weighted by Crippen LogP contribution is -2.38. The van der Waals surface area contributed by atoms with Crippen molar-refractivity contribution in [3.8, 4) is 0 Å². The fourth-order valence-electron chi connectivity index (χ4n) is 2.82. The number of hydrogen-bond donors (Lipinski definition) is 1. The molecule has 2 N–H and O–H groups in total. The summed E-state index contributed by atoms with van der Waals surface area (Å²) in [4.78, 5) is 14.4. The van der Waals surface area contributed by atoms with Gasteiger partial charge in [0.25, 0.3) is 5.91 Å². The SMILES string of the molecule is Cc1cc(F)cc(C(=O)N2CCC(N)c3ccccc32)c1. The highest BCUT2D eigenvalue weighted by atomic mass is 19.1. The Bertz CT molecular complexity index is 679.